The zero-order valence-electron chi connectivity index (χ0n) is 11.8. The molecule has 4 nitrogen and oxygen atoms in total. The van der Waals surface area contributed by atoms with Crippen molar-refractivity contribution in [1.29, 1.82) is 0 Å². The number of aliphatic hydroxyl groups excluding tert-OH is 1. The van der Waals surface area contributed by atoms with E-state index in [-0.39, 0.29) is 24.2 Å². The maximum absolute atomic E-state index is 11.9. The lowest BCUT2D eigenvalue weighted by atomic mass is 9.95. The normalized spacial score (nSPS) is 27.6. The van der Waals surface area contributed by atoms with E-state index >= 15 is 0 Å². The number of carbonyl (C=O) groups excluding carboxylic acids is 1. The predicted octanol–water partition coefficient (Wildman–Crippen LogP) is 2.00. The van der Waals surface area contributed by atoms with E-state index in [1.807, 2.05) is 6.92 Å². The maximum atomic E-state index is 11.9. The number of rotatable bonds is 6. The molecule has 0 spiro atoms. The van der Waals surface area contributed by atoms with Gasteiger partial charge in [0, 0.05) is 6.04 Å². The van der Waals surface area contributed by atoms with Crippen molar-refractivity contribution in [2.24, 2.45) is 0 Å². The highest BCUT2D eigenvalue weighted by Gasteiger charge is 2.24. The van der Waals surface area contributed by atoms with Crippen LogP contribution in [-0.2, 0) is 9.53 Å². The molecule has 2 unspecified atom stereocenters. The fraction of sp³-hybridized carbons (Fsp3) is 0.929. The largest absolute Gasteiger partial charge is 0.393 e. The van der Waals surface area contributed by atoms with Gasteiger partial charge in [0.2, 0.25) is 5.91 Å². The van der Waals surface area contributed by atoms with Gasteiger partial charge < -0.3 is 15.2 Å². The highest BCUT2D eigenvalue weighted by atomic mass is 16.5. The lowest BCUT2D eigenvalue weighted by Gasteiger charge is -2.28. The van der Waals surface area contributed by atoms with Crippen molar-refractivity contribution in [1.82, 2.24) is 5.32 Å². The van der Waals surface area contributed by atoms with Crippen molar-refractivity contribution in [3.05, 3.63) is 0 Å². The maximum Gasteiger partial charge on any atom is 0.249 e. The van der Waals surface area contributed by atoms with Crippen LogP contribution in [0.4, 0.5) is 0 Å². The molecule has 1 fully saturated rings. The lowest BCUT2D eigenvalue weighted by Crippen LogP contribution is -2.42. The van der Waals surface area contributed by atoms with E-state index in [0.717, 1.165) is 38.5 Å². The summed E-state index contributed by atoms with van der Waals surface area (Å²) >= 11 is 0. The van der Waals surface area contributed by atoms with Crippen LogP contribution in [0, 0.1) is 0 Å². The summed E-state index contributed by atoms with van der Waals surface area (Å²) in [4.78, 5) is 11.9. The first kappa shape index (κ1) is 15.4. The van der Waals surface area contributed by atoms with Gasteiger partial charge in [0.25, 0.3) is 0 Å². The Morgan fingerprint density at radius 2 is 1.94 bits per heavy atom. The number of aliphatic hydroxyl groups is 1. The summed E-state index contributed by atoms with van der Waals surface area (Å²) in [6.07, 6.45) is 4.87. The van der Waals surface area contributed by atoms with Gasteiger partial charge in [-0.05, 0) is 46.0 Å². The van der Waals surface area contributed by atoms with Gasteiger partial charge in [-0.1, -0.05) is 13.3 Å². The Kier molecular flexibility index (Phi) is 6.65. The third-order valence-electron chi connectivity index (χ3n) is 3.52. The molecule has 0 bridgehead atoms. The van der Waals surface area contributed by atoms with E-state index in [4.69, 9.17) is 4.74 Å². The van der Waals surface area contributed by atoms with E-state index in [0.29, 0.717) is 0 Å². The molecule has 0 aliphatic heterocycles. The van der Waals surface area contributed by atoms with Crippen LogP contribution >= 0.6 is 0 Å². The highest BCUT2D eigenvalue weighted by Crippen LogP contribution is 2.22. The van der Waals surface area contributed by atoms with E-state index in [2.05, 4.69) is 12.2 Å². The molecule has 4 heteroatoms. The van der Waals surface area contributed by atoms with Gasteiger partial charge in [0.15, 0.2) is 0 Å². The molecule has 0 aromatic rings. The summed E-state index contributed by atoms with van der Waals surface area (Å²) in [5, 5.41) is 12.4. The molecule has 0 radical (unpaired) electrons. The Hall–Kier alpha value is -0.610. The number of nitrogens with one attached hydrogen (secondary N) is 1. The Morgan fingerprint density at radius 3 is 2.50 bits per heavy atom. The molecule has 106 valence electrons. The van der Waals surface area contributed by atoms with Gasteiger partial charge in [-0.3, -0.25) is 4.79 Å². The SMILES string of the molecule is CCCC(C)NC(=O)C(C)OC1CCC(O)CC1. The Morgan fingerprint density at radius 1 is 1.33 bits per heavy atom. The van der Waals surface area contributed by atoms with Crippen LogP contribution in [0.15, 0.2) is 0 Å². The number of hydrogen-bond donors (Lipinski definition) is 2. The van der Waals surface area contributed by atoms with Crippen molar-refractivity contribution in [3.8, 4) is 0 Å². The topological polar surface area (TPSA) is 58.6 Å². The summed E-state index contributed by atoms with van der Waals surface area (Å²) in [7, 11) is 0. The third-order valence-corrected chi connectivity index (χ3v) is 3.52. The van der Waals surface area contributed by atoms with E-state index < -0.39 is 6.10 Å². The second kappa shape index (κ2) is 7.74. The van der Waals surface area contributed by atoms with Crippen molar-refractivity contribution >= 4 is 5.91 Å². The minimum absolute atomic E-state index is 0.0259. The molecule has 18 heavy (non-hydrogen) atoms. The predicted molar refractivity (Wildman–Crippen MR) is 71.3 cm³/mol. The molecular formula is C14H27NO3. The Balaban J connectivity index is 2.26. The monoisotopic (exact) mass is 257 g/mol. The van der Waals surface area contributed by atoms with Crippen LogP contribution in [0.5, 0.6) is 0 Å². The molecule has 0 heterocycles. The van der Waals surface area contributed by atoms with Crippen LogP contribution in [-0.4, -0.2) is 35.4 Å². The van der Waals surface area contributed by atoms with Gasteiger partial charge in [0.05, 0.1) is 12.2 Å². The van der Waals surface area contributed by atoms with Crippen LogP contribution in [0.3, 0.4) is 0 Å². The first-order chi connectivity index (χ1) is 8.52. The molecule has 1 amide bonds. The van der Waals surface area contributed by atoms with Crippen molar-refractivity contribution in [2.75, 3.05) is 0 Å². The van der Waals surface area contributed by atoms with Crippen molar-refractivity contribution in [3.63, 3.8) is 0 Å². The van der Waals surface area contributed by atoms with Crippen LogP contribution < -0.4 is 5.32 Å². The number of amides is 1. The zero-order chi connectivity index (χ0) is 13.5. The summed E-state index contributed by atoms with van der Waals surface area (Å²) in [5.74, 6) is -0.0259. The number of carbonyl (C=O) groups is 1. The van der Waals surface area contributed by atoms with Crippen molar-refractivity contribution < 1.29 is 14.6 Å². The summed E-state index contributed by atoms with van der Waals surface area (Å²) in [5.41, 5.74) is 0. The Labute approximate surface area is 110 Å². The quantitative estimate of drug-likeness (QED) is 0.765. The fourth-order valence-electron chi connectivity index (χ4n) is 2.40. The van der Waals surface area contributed by atoms with Crippen LogP contribution in [0.2, 0.25) is 0 Å². The number of hydrogen-bond acceptors (Lipinski definition) is 3. The standard InChI is InChI=1S/C14H27NO3/c1-4-5-10(2)15-14(17)11(3)18-13-8-6-12(16)7-9-13/h10-13,16H,4-9H2,1-3H3,(H,15,17). The smallest absolute Gasteiger partial charge is 0.249 e. The molecule has 1 saturated carbocycles. The minimum Gasteiger partial charge on any atom is -0.393 e. The molecule has 1 aliphatic carbocycles. The van der Waals surface area contributed by atoms with E-state index in [1.165, 1.54) is 0 Å². The third kappa shape index (κ3) is 5.36. The Bertz CT molecular complexity index is 249. The molecular weight excluding hydrogens is 230 g/mol. The molecule has 2 N–H and O–H groups in total. The second-order valence-corrected chi connectivity index (χ2v) is 5.41. The number of ether oxygens (including phenoxy) is 1. The first-order valence-corrected chi connectivity index (χ1v) is 7.16. The summed E-state index contributed by atoms with van der Waals surface area (Å²) in [6, 6.07) is 0.210. The fourth-order valence-corrected chi connectivity index (χ4v) is 2.40. The molecule has 0 aromatic heterocycles. The van der Waals surface area contributed by atoms with Gasteiger partial charge in [-0.2, -0.15) is 0 Å². The van der Waals surface area contributed by atoms with Gasteiger partial charge in [0.1, 0.15) is 6.10 Å². The van der Waals surface area contributed by atoms with Gasteiger partial charge >= 0.3 is 0 Å². The van der Waals surface area contributed by atoms with Gasteiger partial charge in [-0.25, -0.2) is 0 Å². The molecule has 1 rings (SSSR count). The van der Waals surface area contributed by atoms with Crippen LogP contribution in [0.1, 0.15) is 59.3 Å². The molecule has 2 atom stereocenters. The van der Waals surface area contributed by atoms with Crippen LogP contribution in [0.25, 0.3) is 0 Å². The van der Waals surface area contributed by atoms with E-state index in [9.17, 15) is 9.90 Å². The average molecular weight is 257 g/mol. The zero-order valence-corrected chi connectivity index (χ0v) is 11.8. The van der Waals surface area contributed by atoms with Crippen molar-refractivity contribution in [2.45, 2.75) is 83.6 Å². The van der Waals surface area contributed by atoms with E-state index in [1.54, 1.807) is 6.92 Å². The highest BCUT2D eigenvalue weighted by molar-refractivity contribution is 5.80. The second-order valence-electron chi connectivity index (χ2n) is 5.41. The first-order valence-electron chi connectivity index (χ1n) is 7.16. The minimum atomic E-state index is -0.399. The molecule has 1 aliphatic rings. The lowest BCUT2D eigenvalue weighted by molar-refractivity contribution is -0.138. The average Bonchev–Trinajstić information content (AvgIpc) is 2.32. The molecule has 0 saturated heterocycles. The summed E-state index contributed by atoms with van der Waals surface area (Å²) < 4.78 is 5.76. The molecule has 0 aromatic carbocycles. The summed E-state index contributed by atoms with van der Waals surface area (Å²) in [6.45, 7) is 5.93. The van der Waals surface area contributed by atoms with Gasteiger partial charge in [-0.15, -0.1) is 0 Å².